The number of ketones is 2. The van der Waals surface area contributed by atoms with Gasteiger partial charge in [-0.3, -0.25) is 9.59 Å². The molecular weight excluding hydrogens is 334 g/mol. The van der Waals surface area contributed by atoms with Gasteiger partial charge in [0.25, 0.3) is 0 Å². The smallest absolute Gasteiger partial charge is 0.233 e. The SMILES string of the molecule is C/C(=C\N/C=C(\C)C(=O)C#Cc1ccccc1)C(=O)C#Cc1ccccc1. The normalized spacial score (nSPS) is 10.7. The molecule has 0 heterocycles. The number of Topliss-reactive ketones (excluding diaryl/α,β-unsaturated/α-hetero) is 2. The molecule has 0 radical (unpaired) electrons. The number of nitrogens with one attached hydrogen (secondary N) is 1. The largest absolute Gasteiger partial charge is 0.367 e. The van der Waals surface area contributed by atoms with Crippen LogP contribution in [-0.4, -0.2) is 11.6 Å². The number of hydrogen-bond donors (Lipinski definition) is 1. The van der Waals surface area contributed by atoms with Crippen LogP contribution < -0.4 is 5.32 Å². The van der Waals surface area contributed by atoms with Gasteiger partial charge in [0.1, 0.15) is 0 Å². The molecular formula is C24H19NO2. The second-order valence-corrected chi connectivity index (χ2v) is 5.71. The molecule has 1 N–H and O–H groups in total. The van der Waals surface area contributed by atoms with E-state index in [0.717, 1.165) is 11.1 Å². The Morgan fingerprint density at radius 1 is 0.704 bits per heavy atom. The third-order valence-electron chi connectivity index (χ3n) is 3.50. The topological polar surface area (TPSA) is 46.2 Å². The average molecular weight is 353 g/mol. The molecule has 0 aliphatic carbocycles. The summed E-state index contributed by atoms with van der Waals surface area (Å²) in [5, 5.41) is 2.84. The van der Waals surface area contributed by atoms with Gasteiger partial charge in [-0.05, 0) is 50.0 Å². The summed E-state index contributed by atoms with van der Waals surface area (Å²) in [5.41, 5.74) is 2.46. The van der Waals surface area contributed by atoms with Crippen LogP contribution in [0.25, 0.3) is 0 Å². The fraction of sp³-hybridized carbons (Fsp3) is 0.0833. The third-order valence-corrected chi connectivity index (χ3v) is 3.50. The second-order valence-electron chi connectivity index (χ2n) is 5.71. The molecule has 2 rings (SSSR count). The summed E-state index contributed by atoms with van der Waals surface area (Å²) in [4.78, 5) is 24.0. The molecule has 27 heavy (non-hydrogen) atoms. The second kappa shape index (κ2) is 10.2. The van der Waals surface area contributed by atoms with E-state index in [1.807, 2.05) is 60.7 Å². The molecule has 0 aliphatic rings. The van der Waals surface area contributed by atoms with Crippen LogP contribution in [0.2, 0.25) is 0 Å². The Morgan fingerprint density at radius 2 is 1.07 bits per heavy atom. The maximum atomic E-state index is 12.0. The van der Waals surface area contributed by atoms with Crippen molar-refractivity contribution in [3.05, 3.63) is 95.3 Å². The van der Waals surface area contributed by atoms with Crippen LogP contribution in [0.15, 0.2) is 84.2 Å². The van der Waals surface area contributed by atoms with Crippen LogP contribution in [0.1, 0.15) is 25.0 Å². The van der Waals surface area contributed by atoms with Crippen molar-refractivity contribution in [1.29, 1.82) is 0 Å². The zero-order chi connectivity index (χ0) is 19.5. The zero-order valence-corrected chi connectivity index (χ0v) is 15.2. The molecule has 0 saturated heterocycles. The van der Waals surface area contributed by atoms with Crippen LogP contribution in [0.3, 0.4) is 0 Å². The summed E-state index contributed by atoms with van der Waals surface area (Å²) in [6.07, 6.45) is 3.03. The van der Waals surface area contributed by atoms with Gasteiger partial charge in [0, 0.05) is 34.7 Å². The van der Waals surface area contributed by atoms with E-state index >= 15 is 0 Å². The Balaban J connectivity index is 1.94. The lowest BCUT2D eigenvalue weighted by Gasteiger charge is -1.97. The molecule has 0 aromatic heterocycles. The molecule has 0 unspecified atom stereocenters. The molecule has 0 spiro atoms. The fourth-order valence-corrected chi connectivity index (χ4v) is 1.92. The van der Waals surface area contributed by atoms with Gasteiger partial charge in [-0.15, -0.1) is 0 Å². The van der Waals surface area contributed by atoms with E-state index in [-0.39, 0.29) is 11.6 Å². The van der Waals surface area contributed by atoms with E-state index < -0.39 is 0 Å². The molecule has 2 aromatic carbocycles. The Bertz CT molecular complexity index is 909. The van der Waals surface area contributed by atoms with Crippen LogP contribution >= 0.6 is 0 Å². The highest BCUT2D eigenvalue weighted by Gasteiger charge is 2.01. The minimum Gasteiger partial charge on any atom is -0.367 e. The van der Waals surface area contributed by atoms with Crippen molar-refractivity contribution in [2.45, 2.75) is 13.8 Å². The Morgan fingerprint density at radius 3 is 1.44 bits per heavy atom. The van der Waals surface area contributed by atoms with Crippen molar-refractivity contribution in [1.82, 2.24) is 5.32 Å². The van der Waals surface area contributed by atoms with Crippen LogP contribution in [0.4, 0.5) is 0 Å². The van der Waals surface area contributed by atoms with Crippen LogP contribution in [0, 0.1) is 23.7 Å². The summed E-state index contributed by atoms with van der Waals surface area (Å²) in [6, 6.07) is 18.6. The van der Waals surface area contributed by atoms with Gasteiger partial charge < -0.3 is 5.32 Å². The minimum atomic E-state index is -0.285. The Hall–Kier alpha value is -3.82. The van der Waals surface area contributed by atoms with Gasteiger partial charge in [0.05, 0.1) is 0 Å². The molecule has 2 aromatic rings. The number of carbonyl (C=O) groups excluding carboxylic acids is 2. The Labute approximate surface area is 159 Å². The standard InChI is InChI=1S/C24H19NO2/c1-19(23(26)15-13-21-9-5-3-6-10-21)17-25-18-20(2)24(27)16-14-22-11-7-4-8-12-22/h3-12,17-18,25H,1-2H3/b19-17+,20-18+. The van der Waals surface area contributed by atoms with E-state index in [9.17, 15) is 9.59 Å². The quantitative estimate of drug-likeness (QED) is 0.674. The molecule has 0 fully saturated rings. The highest BCUT2D eigenvalue weighted by Crippen LogP contribution is 1.99. The van der Waals surface area contributed by atoms with Gasteiger partial charge in [-0.25, -0.2) is 0 Å². The van der Waals surface area contributed by atoms with E-state index in [1.54, 1.807) is 13.8 Å². The van der Waals surface area contributed by atoms with Gasteiger partial charge in [-0.2, -0.15) is 0 Å². The van der Waals surface area contributed by atoms with E-state index in [1.165, 1.54) is 12.4 Å². The van der Waals surface area contributed by atoms with Crippen molar-refractivity contribution < 1.29 is 9.59 Å². The first-order valence-electron chi connectivity index (χ1n) is 8.38. The van der Waals surface area contributed by atoms with E-state index in [0.29, 0.717) is 11.1 Å². The first-order valence-corrected chi connectivity index (χ1v) is 8.38. The Kier molecular flexibility index (Phi) is 7.39. The summed E-state index contributed by atoms with van der Waals surface area (Å²) in [6.45, 7) is 3.32. The van der Waals surface area contributed by atoms with Gasteiger partial charge in [0.2, 0.25) is 11.6 Å². The maximum Gasteiger partial charge on any atom is 0.233 e. The van der Waals surface area contributed by atoms with Gasteiger partial charge in [0.15, 0.2) is 0 Å². The summed E-state index contributed by atoms with van der Waals surface area (Å²) >= 11 is 0. The predicted octanol–water partition coefficient (Wildman–Crippen LogP) is 3.63. The van der Waals surface area contributed by atoms with E-state index in [4.69, 9.17) is 0 Å². The number of benzene rings is 2. The lowest BCUT2D eigenvalue weighted by Crippen LogP contribution is -2.05. The summed E-state index contributed by atoms with van der Waals surface area (Å²) in [7, 11) is 0. The van der Waals surface area contributed by atoms with Crippen molar-refractivity contribution in [2.75, 3.05) is 0 Å². The molecule has 132 valence electrons. The monoisotopic (exact) mass is 353 g/mol. The van der Waals surface area contributed by atoms with Crippen molar-refractivity contribution in [3.8, 4) is 23.7 Å². The number of hydrogen-bond acceptors (Lipinski definition) is 3. The maximum absolute atomic E-state index is 12.0. The van der Waals surface area contributed by atoms with E-state index in [2.05, 4.69) is 29.0 Å². The van der Waals surface area contributed by atoms with Crippen molar-refractivity contribution in [2.24, 2.45) is 0 Å². The lowest BCUT2D eigenvalue weighted by atomic mass is 10.1. The van der Waals surface area contributed by atoms with Crippen LogP contribution in [-0.2, 0) is 9.59 Å². The molecule has 3 heteroatoms. The zero-order valence-electron chi connectivity index (χ0n) is 15.2. The highest BCUT2D eigenvalue weighted by molar-refractivity contribution is 6.09. The fourth-order valence-electron chi connectivity index (χ4n) is 1.92. The molecule has 0 bridgehead atoms. The predicted molar refractivity (Wildman–Crippen MR) is 107 cm³/mol. The summed E-state index contributed by atoms with van der Waals surface area (Å²) < 4.78 is 0. The first-order chi connectivity index (χ1) is 13.1. The molecule has 0 aliphatic heterocycles. The number of carbonyl (C=O) groups is 2. The average Bonchev–Trinajstić information content (AvgIpc) is 2.71. The molecule has 0 amide bonds. The molecule has 3 nitrogen and oxygen atoms in total. The van der Waals surface area contributed by atoms with Crippen molar-refractivity contribution >= 4 is 11.6 Å². The lowest BCUT2D eigenvalue weighted by molar-refractivity contribution is -0.111. The third kappa shape index (κ3) is 6.90. The van der Waals surface area contributed by atoms with Crippen LogP contribution in [0.5, 0.6) is 0 Å². The minimum absolute atomic E-state index is 0.285. The molecule has 0 atom stereocenters. The highest BCUT2D eigenvalue weighted by atomic mass is 16.1. The van der Waals surface area contributed by atoms with Gasteiger partial charge >= 0.3 is 0 Å². The van der Waals surface area contributed by atoms with Gasteiger partial charge in [-0.1, -0.05) is 48.2 Å². The molecule has 0 saturated carbocycles. The summed E-state index contributed by atoms with van der Waals surface area (Å²) in [5.74, 6) is 10.3. The number of rotatable bonds is 4. The van der Waals surface area contributed by atoms with Crippen molar-refractivity contribution in [3.63, 3.8) is 0 Å². The first kappa shape index (κ1) is 19.5. The number of allylic oxidation sites excluding steroid dienone is 2.